The molecule has 0 aliphatic heterocycles. The topological polar surface area (TPSA) is 26.3 Å². The molecular formula is C6H7IO2. The van der Waals surface area contributed by atoms with Crippen LogP contribution in [0, 0.1) is 0 Å². The van der Waals surface area contributed by atoms with E-state index in [4.69, 9.17) is 0 Å². The van der Waals surface area contributed by atoms with E-state index in [2.05, 4.69) is 11.3 Å². The third-order valence-corrected chi connectivity index (χ3v) is 0.902. The van der Waals surface area contributed by atoms with Gasteiger partial charge in [0, 0.05) is 6.08 Å². The van der Waals surface area contributed by atoms with Gasteiger partial charge in [0.05, 0.1) is 0 Å². The Bertz CT molecular complexity index is 129. The van der Waals surface area contributed by atoms with Crippen molar-refractivity contribution in [1.29, 1.82) is 0 Å². The Hall–Kier alpha value is -0.320. The zero-order valence-corrected chi connectivity index (χ0v) is 7.00. The van der Waals surface area contributed by atoms with Crippen molar-refractivity contribution in [1.82, 2.24) is 0 Å². The van der Waals surface area contributed by atoms with Crippen LogP contribution in [0.25, 0.3) is 0 Å². The summed E-state index contributed by atoms with van der Waals surface area (Å²) in [5.41, 5.74) is 0. The fourth-order valence-electron chi connectivity index (χ4n) is 0.241. The monoisotopic (exact) mass is 238 g/mol. The predicted octanol–water partition coefficient (Wildman–Crippen LogP) is 1.66. The molecule has 0 heterocycles. The van der Waals surface area contributed by atoms with Crippen LogP contribution in [0.2, 0.25) is 0 Å². The minimum absolute atomic E-state index is 0.278. The Morgan fingerprint density at radius 2 is 2.44 bits per heavy atom. The highest BCUT2D eigenvalue weighted by Gasteiger charge is 1.90. The third kappa shape index (κ3) is 5.55. The molecule has 50 valence electrons. The Morgan fingerprint density at radius 3 is 2.89 bits per heavy atom. The SMILES string of the molecule is C=CCOC(=O)/C=C\I. The van der Waals surface area contributed by atoms with Crippen molar-refractivity contribution >= 4 is 28.6 Å². The Kier molecular flexibility index (Phi) is 5.60. The molecule has 0 aliphatic carbocycles. The van der Waals surface area contributed by atoms with Crippen molar-refractivity contribution in [3.05, 3.63) is 22.8 Å². The Balaban J connectivity index is 3.38. The largest absolute Gasteiger partial charge is 0.458 e. The summed E-state index contributed by atoms with van der Waals surface area (Å²) in [7, 11) is 0. The molecule has 0 N–H and O–H groups in total. The average molecular weight is 238 g/mol. The fraction of sp³-hybridized carbons (Fsp3) is 0.167. The first-order valence-corrected chi connectivity index (χ1v) is 3.60. The molecule has 0 fully saturated rings. The van der Waals surface area contributed by atoms with Gasteiger partial charge in [-0.05, 0) is 4.08 Å². The van der Waals surface area contributed by atoms with Gasteiger partial charge in [-0.3, -0.25) is 0 Å². The van der Waals surface area contributed by atoms with Crippen molar-refractivity contribution in [2.45, 2.75) is 0 Å². The standard InChI is InChI=1S/C6H7IO2/c1-2-5-9-6(8)3-4-7/h2-4H,1,5H2/b4-3-. The molecule has 0 atom stereocenters. The molecule has 0 saturated heterocycles. The number of hydrogen-bond acceptors (Lipinski definition) is 2. The molecule has 0 rings (SSSR count). The van der Waals surface area contributed by atoms with Gasteiger partial charge >= 0.3 is 5.97 Å². The van der Waals surface area contributed by atoms with E-state index in [9.17, 15) is 4.79 Å². The normalized spacial score (nSPS) is 9.44. The van der Waals surface area contributed by atoms with Crippen molar-refractivity contribution in [3.63, 3.8) is 0 Å². The van der Waals surface area contributed by atoms with Crippen LogP contribution in [0.5, 0.6) is 0 Å². The summed E-state index contributed by atoms with van der Waals surface area (Å²) in [6, 6.07) is 0. The van der Waals surface area contributed by atoms with Crippen molar-refractivity contribution in [3.8, 4) is 0 Å². The van der Waals surface area contributed by atoms with E-state index in [1.807, 2.05) is 22.6 Å². The maximum atomic E-state index is 10.4. The number of carbonyl (C=O) groups excluding carboxylic acids is 1. The second-order valence-corrected chi connectivity index (χ2v) is 1.93. The number of carbonyl (C=O) groups is 1. The van der Waals surface area contributed by atoms with Gasteiger partial charge in [0.1, 0.15) is 6.61 Å². The van der Waals surface area contributed by atoms with E-state index >= 15 is 0 Å². The fourth-order valence-corrected chi connectivity index (χ4v) is 0.534. The van der Waals surface area contributed by atoms with E-state index < -0.39 is 0 Å². The number of halogens is 1. The molecule has 3 heteroatoms. The minimum Gasteiger partial charge on any atom is -0.458 e. The molecule has 0 radical (unpaired) electrons. The molecule has 0 spiro atoms. The lowest BCUT2D eigenvalue weighted by Gasteiger charge is -1.92. The van der Waals surface area contributed by atoms with Crippen LogP contribution < -0.4 is 0 Å². The zero-order chi connectivity index (χ0) is 7.11. The first-order chi connectivity index (χ1) is 4.31. The summed E-state index contributed by atoms with van der Waals surface area (Å²) < 4.78 is 6.18. The predicted molar refractivity (Wildman–Crippen MR) is 44.3 cm³/mol. The van der Waals surface area contributed by atoms with Gasteiger partial charge in [0.2, 0.25) is 0 Å². The van der Waals surface area contributed by atoms with E-state index in [0.717, 1.165) is 0 Å². The highest BCUT2D eigenvalue weighted by Crippen LogP contribution is 1.86. The van der Waals surface area contributed by atoms with Crippen LogP contribution in [0.15, 0.2) is 22.8 Å². The number of hydrogen-bond donors (Lipinski definition) is 0. The van der Waals surface area contributed by atoms with Gasteiger partial charge in [-0.1, -0.05) is 35.2 Å². The van der Waals surface area contributed by atoms with Crippen molar-refractivity contribution in [2.75, 3.05) is 6.61 Å². The lowest BCUT2D eigenvalue weighted by atomic mass is 10.6. The van der Waals surface area contributed by atoms with Crippen molar-refractivity contribution in [2.24, 2.45) is 0 Å². The van der Waals surface area contributed by atoms with Gasteiger partial charge in [-0.25, -0.2) is 4.79 Å². The zero-order valence-electron chi connectivity index (χ0n) is 4.84. The van der Waals surface area contributed by atoms with Crippen LogP contribution in [-0.4, -0.2) is 12.6 Å². The summed E-state index contributed by atoms with van der Waals surface area (Å²) in [6.07, 6.45) is 2.88. The third-order valence-electron chi connectivity index (χ3n) is 0.543. The Morgan fingerprint density at radius 1 is 1.78 bits per heavy atom. The van der Waals surface area contributed by atoms with E-state index in [1.54, 1.807) is 4.08 Å². The van der Waals surface area contributed by atoms with E-state index in [0.29, 0.717) is 0 Å². The van der Waals surface area contributed by atoms with Crippen molar-refractivity contribution < 1.29 is 9.53 Å². The number of rotatable bonds is 3. The molecule has 0 bridgehead atoms. The lowest BCUT2D eigenvalue weighted by molar-refractivity contribution is -0.136. The summed E-state index contributed by atoms with van der Waals surface area (Å²) in [6.45, 7) is 3.67. The molecule has 2 nitrogen and oxygen atoms in total. The highest BCUT2D eigenvalue weighted by molar-refractivity contribution is 14.1. The molecule has 9 heavy (non-hydrogen) atoms. The van der Waals surface area contributed by atoms with Crippen LogP contribution in [0.1, 0.15) is 0 Å². The summed E-state index contributed by atoms with van der Waals surface area (Å²) >= 11 is 1.95. The summed E-state index contributed by atoms with van der Waals surface area (Å²) in [5, 5.41) is 0. The van der Waals surface area contributed by atoms with E-state index in [1.165, 1.54) is 12.2 Å². The molecule has 0 aromatic rings. The molecule has 0 aromatic heterocycles. The van der Waals surface area contributed by atoms with Crippen LogP contribution >= 0.6 is 22.6 Å². The number of esters is 1. The van der Waals surface area contributed by atoms with Crippen LogP contribution in [0.4, 0.5) is 0 Å². The average Bonchev–Trinajstić information content (AvgIpc) is 1.85. The van der Waals surface area contributed by atoms with Gasteiger partial charge < -0.3 is 4.74 Å². The first-order valence-electron chi connectivity index (χ1n) is 2.35. The molecular weight excluding hydrogens is 231 g/mol. The van der Waals surface area contributed by atoms with Gasteiger partial charge in [-0.15, -0.1) is 0 Å². The molecule has 0 unspecified atom stereocenters. The maximum Gasteiger partial charge on any atom is 0.331 e. The minimum atomic E-state index is -0.329. The summed E-state index contributed by atoms with van der Waals surface area (Å²) in [5.74, 6) is -0.329. The van der Waals surface area contributed by atoms with Gasteiger partial charge in [0.15, 0.2) is 0 Å². The quantitative estimate of drug-likeness (QED) is 0.323. The summed E-state index contributed by atoms with van der Waals surface area (Å²) in [4.78, 5) is 10.4. The highest BCUT2D eigenvalue weighted by atomic mass is 127. The van der Waals surface area contributed by atoms with Gasteiger partial charge in [-0.2, -0.15) is 0 Å². The molecule has 0 saturated carbocycles. The molecule has 0 aliphatic rings. The Labute approximate surface area is 67.7 Å². The second-order valence-electron chi connectivity index (χ2n) is 1.21. The van der Waals surface area contributed by atoms with Crippen LogP contribution in [-0.2, 0) is 9.53 Å². The smallest absolute Gasteiger partial charge is 0.331 e. The van der Waals surface area contributed by atoms with Gasteiger partial charge in [0.25, 0.3) is 0 Å². The van der Waals surface area contributed by atoms with Crippen LogP contribution in [0.3, 0.4) is 0 Å². The molecule has 0 aromatic carbocycles. The number of ether oxygens (including phenoxy) is 1. The maximum absolute atomic E-state index is 10.4. The lowest BCUT2D eigenvalue weighted by Crippen LogP contribution is -1.98. The molecule has 0 amide bonds. The second kappa shape index (κ2) is 5.81. The van der Waals surface area contributed by atoms with E-state index in [-0.39, 0.29) is 12.6 Å². The first kappa shape index (κ1) is 8.68.